The summed E-state index contributed by atoms with van der Waals surface area (Å²) < 4.78 is 1.99. The van der Waals surface area contributed by atoms with E-state index in [1.54, 1.807) is 11.3 Å². The van der Waals surface area contributed by atoms with Crippen molar-refractivity contribution in [3.8, 4) is 0 Å². The van der Waals surface area contributed by atoms with Gasteiger partial charge in [0.2, 0.25) is 0 Å². The monoisotopic (exact) mass is 278 g/mol. The zero-order chi connectivity index (χ0) is 14.0. The topological polar surface area (TPSA) is 42.7 Å². The van der Waals surface area contributed by atoms with Gasteiger partial charge in [-0.1, -0.05) is 0 Å². The van der Waals surface area contributed by atoms with Gasteiger partial charge < -0.3 is 5.32 Å². The molecule has 0 saturated carbocycles. The highest BCUT2D eigenvalue weighted by atomic mass is 32.1. The normalized spacial score (nSPS) is 14.8. The first-order valence-electron chi connectivity index (χ1n) is 6.69. The Morgan fingerprint density at radius 3 is 2.47 bits per heavy atom. The number of aromatic nitrogens is 3. The second kappa shape index (κ2) is 5.84. The van der Waals surface area contributed by atoms with Crippen LogP contribution < -0.4 is 5.32 Å². The van der Waals surface area contributed by atoms with Gasteiger partial charge in [0.15, 0.2) is 0 Å². The molecule has 0 bridgehead atoms. The van der Waals surface area contributed by atoms with Gasteiger partial charge in [0, 0.05) is 35.3 Å². The third-order valence-corrected chi connectivity index (χ3v) is 4.02. The molecule has 104 valence electrons. The van der Waals surface area contributed by atoms with Crippen molar-refractivity contribution >= 4 is 11.3 Å². The fourth-order valence-electron chi connectivity index (χ4n) is 1.99. The maximum absolute atomic E-state index is 4.53. The summed E-state index contributed by atoms with van der Waals surface area (Å²) in [5.41, 5.74) is 2.33. The number of hydrogen-bond donors (Lipinski definition) is 1. The highest BCUT2D eigenvalue weighted by Gasteiger charge is 2.15. The molecule has 0 aliphatic heterocycles. The highest BCUT2D eigenvalue weighted by molar-refractivity contribution is 7.09. The molecule has 2 aromatic heterocycles. The Morgan fingerprint density at radius 1 is 1.21 bits per heavy atom. The Kier molecular flexibility index (Phi) is 4.37. The lowest BCUT2D eigenvalue weighted by Gasteiger charge is -2.17. The SMILES string of the molecule is Cc1nc([C@H](C)N[C@H](C)c2cnn(C(C)C)c2)cs1. The molecule has 2 aromatic rings. The van der Waals surface area contributed by atoms with Gasteiger partial charge in [0.05, 0.1) is 16.9 Å². The van der Waals surface area contributed by atoms with Crippen LogP contribution in [0.4, 0.5) is 0 Å². The first-order chi connectivity index (χ1) is 8.97. The maximum Gasteiger partial charge on any atom is 0.0898 e. The van der Waals surface area contributed by atoms with Gasteiger partial charge in [0.1, 0.15) is 0 Å². The smallest absolute Gasteiger partial charge is 0.0898 e. The van der Waals surface area contributed by atoms with E-state index >= 15 is 0 Å². The van der Waals surface area contributed by atoms with Crippen LogP contribution in [0, 0.1) is 6.92 Å². The minimum Gasteiger partial charge on any atom is -0.302 e. The molecule has 0 radical (unpaired) electrons. The minimum atomic E-state index is 0.252. The van der Waals surface area contributed by atoms with E-state index in [0.717, 1.165) is 10.7 Å². The van der Waals surface area contributed by atoms with E-state index in [-0.39, 0.29) is 12.1 Å². The van der Waals surface area contributed by atoms with Gasteiger partial charge in [-0.25, -0.2) is 4.98 Å². The third kappa shape index (κ3) is 3.42. The molecular weight excluding hydrogens is 256 g/mol. The van der Waals surface area contributed by atoms with Crippen LogP contribution in [0.5, 0.6) is 0 Å². The van der Waals surface area contributed by atoms with Crippen LogP contribution in [-0.2, 0) is 0 Å². The van der Waals surface area contributed by atoms with Crippen molar-refractivity contribution in [2.24, 2.45) is 0 Å². The average Bonchev–Trinajstić information content (AvgIpc) is 2.96. The molecule has 4 nitrogen and oxygen atoms in total. The molecule has 0 aliphatic carbocycles. The summed E-state index contributed by atoms with van der Waals surface area (Å²) in [7, 11) is 0. The van der Waals surface area contributed by atoms with Gasteiger partial charge in [-0.15, -0.1) is 11.3 Å². The first-order valence-corrected chi connectivity index (χ1v) is 7.57. The number of hydrogen-bond acceptors (Lipinski definition) is 4. The van der Waals surface area contributed by atoms with Gasteiger partial charge in [-0.3, -0.25) is 4.68 Å². The molecule has 0 aliphatic rings. The van der Waals surface area contributed by atoms with Crippen LogP contribution in [0.2, 0.25) is 0 Å². The molecule has 2 heterocycles. The molecule has 0 spiro atoms. The van der Waals surface area contributed by atoms with Crippen molar-refractivity contribution in [2.45, 2.75) is 52.7 Å². The molecule has 1 N–H and O–H groups in total. The van der Waals surface area contributed by atoms with Gasteiger partial charge >= 0.3 is 0 Å². The molecule has 0 aromatic carbocycles. The van der Waals surface area contributed by atoms with Crippen molar-refractivity contribution in [1.29, 1.82) is 0 Å². The zero-order valence-electron chi connectivity index (χ0n) is 12.2. The average molecular weight is 278 g/mol. The standard InChI is InChI=1S/C14H22N4S/c1-9(2)18-7-13(6-15-18)10(3)16-11(4)14-8-19-12(5)17-14/h6-11,16H,1-5H3/t10-,11+/m1/s1. The summed E-state index contributed by atoms with van der Waals surface area (Å²) in [4.78, 5) is 4.53. The van der Waals surface area contributed by atoms with E-state index in [1.807, 2.05) is 17.8 Å². The van der Waals surface area contributed by atoms with Gasteiger partial charge in [0.25, 0.3) is 0 Å². The van der Waals surface area contributed by atoms with E-state index in [9.17, 15) is 0 Å². The van der Waals surface area contributed by atoms with Crippen LogP contribution in [0.25, 0.3) is 0 Å². The lowest BCUT2D eigenvalue weighted by atomic mass is 10.1. The minimum absolute atomic E-state index is 0.252. The summed E-state index contributed by atoms with van der Waals surface area (Å²) >= 11 is 1.70. The molecule has 5 heteroatoms. The van der Waals surface area contributed by atoms with Gasteiger partial charge in [-0.2, -0.15) is 5.10 Å². The first kappa shape index (κ1) is 14.2. The molecule has 2 atom stereocenters. The molecular formula is C14H22N4S. The van der Waals surface area contributed by atoms with Crippen molar-refractivity contribution in [1.82, 2.24) is 20.1 Å². The van der Waals surface area contributed by atoms with Crippen molar-refractivity contribution in [3.05, 3.63) is 34.0 Å². The van der Waals surface area contributed by atoms with Gasteiger partial charge in [-0.05, 0) is 34.6 Å². The van der Waals surface area contributed by atoms with E-state index in [2.05, 4.69) is 54.7 Å². The van der Waals surface area contributed by atoms with Crippen LogP contribution >= 0.6 is 11.3 Å². The quantitative estimate of drug-likeness (QED) is 0.908. The summed E-state index contributed by atoms with van der Waals surface area (Å²) in [6.45, 7) is 10.6. The molecule has 0 amide bonds. The van der Waals surface area contributed by atoms with Crippen LogP contribution in [0.15, 0.2) is 17.8 Å². The van der Waals surface area contributed by atoms with Crippen molar-refractivity contribution in [2.75, 3.05) is 0 Å². The Balaban J connectivity index is 2.01. The van der Waals surface area contributed by atoms with Crippen LogP contribution in [0.3, 0.4) is 0 Å². The molecule has 19 heavy (non-hydrogen) atoms. The van der Waals surface area contributed by atoms with E-state index < -0.39 is 0 Å². The molecule has 0 saturated heterocycles. The predicted octanol–water partition coefficient (Wildman–Crippen LogP) is 3.64. The Labute approximate surface area is 118 Å². The second-order valence-electron chi connectivity index (χ2n) is 5.25. The third-order valence-electron chi connectivity index (χ3n) is 3.23. The Morgan fingerprint density at radius 2 is 1.95 bits per heavy atom. The predicted molar refractivity (Wildman–Crippen MR) is 79.4 cm³/mol. The molecule has 0 unspecified atom stereocenters. The summed E-state index contributed by atoms with van der Waals surface area (Å²) in [6.07, 6.45) is 4.05. The second-order valence-corrected chi connectivity index (χ2v) is 6.31. The number of nitrogens with one attached hydrogen (secondary N) is 1. The molecule has 2 rings (SSSR count). The zero-order valence-corrected chi connectivity index (χ0v) is 13.0. The Bertz CT molecular complexity index is 529. The van der Waals surface area contributed by atoms with Crippen molar-refractivity contribution < 1.29 is 0 Å². The lowest BCUT2D eigenvalue weighted by Crippen LogP contribution is -2.22. The van der Waals surface area contributed by atoms with E-state index in [0.29, 0.717) is 6.04 Å². The number of aryl methyl sites for hydroxylation is 1. The van der Waals surface area contributed by atoms with E-state index in [1.165, 1.54) is 5.56 Å². The number of nitrogens with zero attached hydrogens (tertiary/aromatic N) is 3. The maximum atomic E-state index is 4.53. The summed E-state index contributed by atoms with van der Waals surface area (Å²) in [6, 6.07) is 0.923. The number of rotatable bonds is 5. The fourth-order valence-corrected chi connectivity index (χ4v) is 2.70. The van der Waals surface area contributed by atoms with Crippen LogP contribution in [-0.4, -0.2) is 14.8 Å². The summed E-state index contributed by atoms with van der Waals surface area (Å²) in [5, 5.41) is 11.2. The lowest BCUT2D eigenvalue weighted by molar-refractivity contribution is 0.485. The van der Waals surface area contributed by atoms with Crippen molar-refractivity contribution in [3.63, 3.8) is 0 Å². The molecule has 0 fully saturated rings. The number of thiazole rings is 1. The Hall–Kier alpha value is -1.20. The van der Waals surface area contributed by atoms with Crippen LogP contribution in [0.1, 0.15) is 62.1 Å². The van der Waals surface area contributed by atoms with E-state index in [4.69, 9.17) is 0 Å². The summed E-state index contributed by atoms with van der Waals surface area (Å²) in [5.74, 6) is 0. The highest BCUT2D eigenvalue weighted by Crippen LogP contribution is 2.21. The largest absolute Gasteiger partial charge is 0.302 e. The fraction of sp³-hybridized carbons (Fsp3) is 0.571.